The molecule has 0 spiro atoms. The topological polar surface area (TPSA) is 73.9 Å². The summed E-state index contributed by atoms with van der Waals surface area (Å²) in [6, 6.07) is 9.46. The van der Waals surface area contributed by atoms with Crippen LogP contribution in [0.1, 0.15) is 56.9 Å². The maximum atomic E-state index is 7.12. The smallest absolute Gasteiger partial charge is 0.185 e. The Kier molecular flexibility index (Phi) is 7.07. The van der Waals surface area contributed by atoms with E-state index in [2.05, 4.69) is 34.9 Å². The summed E-state index contributed by atoms with van der Waals surface area (Å²) in [6.45, 7) is 0.761. The number of hydrogen-bond acceptors (Lipinski definition) is 2. The Morgan fingerprint density at radius 3 is 2.32 bits per heavy atom. The molecule has 1 fully saturated rings. The number of guanidine groups is 1. The maximum absolute atomic E-state index is 7.12. The highest BCUT2D eigenvalue weighted by molar-refractivity contribution is 5.74. The third kappa shape index (κ3) is 6.37. The van der Waals surface area contributed by atoms with Gasteiger partial charge in [0.25, 0.3) is 0 Å². The van der Waals surface area contributed by atoms with Gasteiger partial charge < -0.3 is 16.4 Å². The zero-order chi connectivity index (χ0) is 15.6. The standard InChI is InChI=1S/C18H30N4/c19-18(20)21-14-6-7-15-10-12-17(13-11-15)22-16-8-4-2-1-3-5-9-16/h10-13,16,22H,1-9,14H2,(H4,19,20,21). The zero-order valence-electron chi connectivity index (χ0n) is 13.5. The Morgan fingerprint density at radius 2 is 1.68 bits per heavy atom. The van der Waals surface area contributed by atoms with Crippen LogP contribution in [0.3, 0.4) is 0 Å². The SMILES string of the molecule is N=C(N)NCCCc1ccc(NC2CCCCCCC2)cc1. The highest BCUT2D eigenvalue weighted by atomic mass is 15.0. The normalized spacial score (nSPS) is 16.5. The fourth-order valence-corrected chi connectivity index (χ4v) is 3.12. The average Bonchev–Trinajstić information content (AvgIpc) is 2.47. The third-order valence-electron chi connectivity index (χ3n) is 4.39. The van der Waals surface area contributed by atoms with Crippen molar-refractivity contribution in [3.05, 3.63) is 29.8 Å². The Morgan fingerprint density at radius 1 is 1.05 bits per heavy atom. The molecule has 1 aliphatic rings. The summed E-state index contributed by atoms with van der Waals surface area (Å²) in [4.78, 5) is 0. The van der Waals surface area contributed by atoms with Crippen LogP contribution in [0.5, 0.6) is 0 Å². The van der Waals surface area contributed by atoms with Gasteiger partial charge >= 0.3 is 0 Å². The van der Waals surface area contributed by atoms with Crippen LogP contribution in [0.2, 0.25) is 0 Å². The van der Waals surface area contributed by atoms with Crippen molar-refractivity contribution >= 4 is 11.6 Å². The first kappa shape index (κ1) is 16.7. The van der Waals surface area contributed by atoms with Gasteiger partial charge in [-0.05, 0) is 43.4 Å². The zero-order valence-corrected chi connectivity index (χ0v) is 13.5. The van der Waals surface area contributed by atoms with Crippen LogP contribution in [0.4, 0.5) is 5.69 Å². The number of nitrogens with one attached hydrogen (secondary N) is 3. The summed E-state index contributed by atoms with van der Waals surface area (Å²) in [5.74, 6) is 0.0544. The molecule has 0 heterocycles. The third-order valence-corrected chi connectivity index (χ3v) is 4.39. The monoisotopic (exact) mass is 302 g/mol. The molecule has 0 radical (unpaired) electrons. The van der Waals surface area contributed by atoms with Crippen molar-refractivity contribution in [3.63, 3.8) is 0 Å². The van der Waals surface area contributed by atoms with Crippen LogP contribution in [-0.4, -0.2) is 18.5 Å². The van der Waals surface area contributed by atoms with E-state index in [9.17, 15) is 0 Å². The van der Waals surface area contributed by atoms with E-state index in [1.54, 1.807) is 0 Å². The molecule has 4 heteroatoms. The molecule has 1 aromatic carbocycles. The molecule has 1 saturated carbocycles. The van der Waals surface area contributed by atoms with E-state index in [1.807, 2.05) is 0 Å². The molecule has 2 rings (SSSR count). The molecular weight excluding hydrogens is 272 g/mol. The number of anilines is 1. The first-order valence-corrected chi connectivity index (χ1v) is 8.67. The molecule has 0 bridgehead atoms. The lowest BCUT2D eigenvalue weighted by Crippen LogP contribution is -2.31. The lowest BCUT2D eigenvalue weighted by atomic mass is 9.96. The van der Waals surface area contributed by atoms with Gasteiger partial charge in [-0.1, -0.05) is 44.2 Å². The summed E-state index contributed by atoms with van der Waals surface area (Å²) in [5.41, 5.74) is 7.85. The second-order valence-electron chi connectivity index (χ2n) is 6.33. The van der Waals surface area contributed by atoms with Crippen molar-refractivity contribution < 1.29 is 0 Å². The fourth-order valence-electron chi connectivity index (χ4n) is 3.12. The average molecular weight is 302 g/mol. The number of nitrogens with two attached hydrogens (primary N) is 1. The maximum Gasteiger partial charge on any atom is 0.185 e. The molecule has 4 nitrogen and oxygen atoms in total. The summed E-state index contributed by atoms with van der Waals surface area (Å²) in [7, 11) is 0. The molecule has 0 aromatic heterocycles. The van der Waals surface area contributed by atoms with Gasteiger partial charge in [0.15, 0.2) is 5.96 Å². The summed E-state index contributed by atoms with van der Waals surface area (Å²) in [5, 5.41) is 13.7. The number of hydrogen-bond donors (Lipinski definition) is 4. The molecule has 1 aliphatic carbocycles. The number of benzene rings is 1. The van der Waals surface area contributed by atoms with Crippen LogP contribution in [-0.2, 0) is 6.42 Å². The summed E-state index contributed by atoms with van der Waals surface area (Å²) in [6.07, 6.45) is 11.5. The van der Waals surface area contributed by atoms with Crippen molar-refractivity contribution in [2.45, 2.75) is 63.8 Å². The Labute approximate surface area is 134 Å². The van der Waals surface area contributed by atoms with Gasteiger partial charge in [0.05, 0.1) is 0 Å². The van der Waals surface area contributed by atoms with E-state index in [-0.39, 0.29) is 5.96 Å². The van der Waals surface area contributed by atoms with Gasteiger partial charge in [-0.2, -0.15) is 0 Å². The highest BCUT2D eigenvalue weighted by Crippen LogP contribution is 2.21. The molecule has 1 aromatic rings. The molecular formula is C18H30N4. The predicted octanol–water partition coefficient (Wildman–Crippen LogP) is 3.63. The fraction of sp³-hybridized carbons (Fsp3) is 0.611. The molecule has 22 heavy (non-hydrogen) atoms. The lowest BCUT2D eigenvalue weighted by molar-refractivity contribution is 0.471. The van der Waals surface area contributed by atoms with E-state index >= 15 is 0 Å². The predicted molar refractivity (Wildman–Crippen MR) is 94.4 cm³/mol. The van der Waals surface area contributed by atoms with E-state index < -0.39 is 0 Å². The van der Waals surface area contributed by atoms with Gasteiger partial charge in [-0.15, -0.1) is 0 Å². The van der Waals surface area contributed by atoms with Crippen LogP contribution in [0.25, 0.3) is 0 Å². The molecule has 5 N–H and O–H groups in total. The number of aryl methyl sites for hydroxylation is 1. The van der Waals surface area contributed by atoms with Crippen molar-refractivity contribution in [1.29, 1.82) is 5.41 Å². The summed E-state index contributed by atoms with van der Waals surface area (Å²) < 4.78 is 0. The molecule has 122 valence electrons. The molecule has 0 amide bonds. The largest absolute Gasteiger partial charge is 0.382 e. The molecule has 0 atom stereocenters. The molecule has 0 aliphatic heterocycles. The summed E-state index contributed by atoms with van der Waals surface area (Å²) >= 11 is 0. The molecule has 0 unspecified atom stereocenters. The second-order valence-corrected chi connectivity index (χ2v) is 6.33. The minimum atomic E-state index is 0.0544. The van der Waals surface area contributed by atoms with Gasteiger partial charge in [0.1, 0.15) is 0 Å². The van der Waals surface area contributed by atoms with E-state index in [0.717, 1.165) is 19.4 Å². The van der Waals surface area contributed by atoms with Crippen LogP contribution in [0, 0.1) is 5.41 Å². The van der Waals surface area contributed by atoms with Crippen LogP contribution < -0.4 is 16.4 Å². The van der Waals surface area contributed by atoms with E-state index in [0.29, 0.717) is 6.04 Å². The van der Waals surface area contributed by atoms with Crippen molar-refractivity contribution in [1.82, 2.24) is 5.32 Å². The Balaban J connectivity index is 1.74. The van der Waals surface area contributed by atoms with Crippen LogP contribution >= 0.6 is 0 Å². The first-order valence-electron chi connectivity index (χ1n) is 8.67. The highest BCUT2D eigenvalue weighted by Gasteiger charge is 2.10. The minimum Gasteiger partial charge on any atom is -0.382 e. The van der Waals surface area contributed by atoms with Crippen LogP contribution in [0.15, 0.2) is 24.3 Å². The second kappa shape index (κ2) is 9.34. The lowest BCUT2D eigenvalue weighted by Gasteiger charge is -2.22. The van der Waals surface area contributed by atoms with Gasteiger partial charge in [-0.3, -0.25) is 5.41 Å². The Bertz CT molecular complexity index is 433. The Hall–Kier alpha value is -1.71. The molecule has 0 saturated heterocycles. The van der Waals surface area contributed by atoms with Gasteiger partial charge in [0, 0.05) is 18.3 Å². The quantitative estimate of drug-likeness (QED) is 0.368. The van der Waals surface area contributed by atoms with Crippen molar-refractivity contribution in [2.24, 2.45) is 5.73 Å². The first-order chi connectivity index (χ1) is 10.7. The van der Waals surface area contributed by atoms with Gasteiger partial charge in [0.2, 0.25) is 0 Å². The van der Waals surface area contributed by atoms with E-state index in [4.69, 9.17) is 11.1 Å². The van der Waals surface area contributed by atoms with Gasteiger partial charge in [-0.25, -0.2) is 0 Å². The van der Waals surface area contributed by atoms with Crippen molar-refractivity contribution in [3.8, 4) is 0 Å². The van der Waals surface area contributed by atoms with Crippen molar-refractivity contribution in [2.75, 3.05) is 11.9 Å². The van der Waals surface area contributed by atoms with E-state index in [1.165, 1.54) is 56.2 Å². The minimum absolute atomic E-state index is 0.0544. The number of rotatable bonds is 6.